The largest absolute Gasteiger partial charge is 0.285 e. The number of hydrazine groups is 1. The number of hydrogen-bond acceptors (Lipinski definition) is 4. The lowest BCUT2D eigenvalue weighted by atomic mass is 10.2. The molecule has 0 saturated carbocycles. The summed E-state index contributed by atoms with van der Waals surface area (Å²) < 4.78 is 1.25. The minimum absolute atomic E-state index is 0.315. The van der Waals surface area contributed by atoms with Crippen LogP contribution < -0.4 is 5.43 Å². The molecule has 1 N–H and O–H groups in total. The number of amides is 2. The molecule has 4 nitrogen and oxygen atoms in total. The highest BCUT2D eigenvalue weighted by Crippen LogP contribution is 2.31. The van der Waals surface area contributed by atoms with Gasteiger partial charge in [-0.05, 0) is 36.0 Å². The van der Waals surface area contributed by atoms with Crippen molar-refractivity contribution in [1.82, 2.24) is 10.4 Å². The molecule has 1 heterocycles. The van der Waals surface area contributed by atoms with Gasteiger partial charge in [0.1, 0.15) is 0 Å². The van der Waals surface area contributed by atoms with Gasteiger partial charge in [-0.25, -0.2) is 0 Å². The zero-order valence-corrected chi connectivity index (χ0v) is 13.1. The second-order valence-electron chi connectivity index (χ2n) is 3.74. The third-order valence-corrected chi connectivity index (χ3v) is 4.00. The minimum Gasteiger partial charge on any atom is -0.274 e. The lowest BCUT2D eigenvalue weighted by Crippen LogP contribution is -2.43. The van der Waals surface area contributed by atoms with E-state index >= 15 is 0 Å². The first-order valence-electron chi connectivity index (χ1n) is 5.28. The molecule has 0 bridgehead atoms. The average molecular weight is 357 g/mol. The Morgan fingerprint density at radius 1 is 1.53 bits per heavy atom. The quantitative estimate of drug-likeness (QED) is 0.653. The summed E-state index contributed by atoms with van der Waals surface area (Å²) in [5, 5.41) is 1.09. The van der Waals surface area contributed by atoms with Crippen molar-refractivity contribution >= 4 is 62.1 Å². The Hall–Kier alpha value is -1.18. The maximum Gasteiger partial charge on any atom is 0.285 e. The predicted octanol–water partition coefficient (Wildman–Crippen LogP) is 2.70. The summed E-state index contributed by atoms with van der Waals surface area (Å²) in [6.45, 7) is 1.33. The zero-order valence-electron chi connectivity index (χ0n) is 9.84. The molecule has 1 saturated heterocycles. The van der Waals surface area contributed by atoms with Gasteiger partial charge < -0.3 is 0 Å². The molecule has 19 heavy (non-hydrogen) atoms. The molecule has 0 atom stereocenters. The highest BCUT2D eigenvalue weighted by molar-refractivity contribution is 9.10. The van der Waals surface area contributed by atoms with Crippen LogP contribution in [0.4, 0.5) is 0 Å². The highest BCUT2D eigenvalue weighted by Gasteiger charge is 2.32. The number of halogens is 1. The predicted molar refractivity (Wildman–Crippen MR) is 83.0 cm³/mol. The van der Waals surface area contributed by atoms with Crippen molar-refractivity contribution in [2.45, 2.75) is 6.92 Å². The standard InChI is InChI=1S/C12H9BrN2O2S2/c1-7(16)14-15-11(17)10(19-12(15)18)6-8-3-2-4-9(13)5-8/h2-6H,1H3,(H,14,16)/b10-6+. The van der Waals surface area contributed by atoms with Gasteiger partial charge in [0.05, 0.1) is 4.91 Å². The monoisotopic (exact) mass is 356 g/mol. The third-order valence-electron chi connectivity index (χ3n) is 2.21. The lowest BCUT2D eigenvalue weighted by Gasteiger charge is -2.13. The van der Waals surface area contributed by atoms with Crippen LogP contribution >= 0.6 is 39.9 Å². The van der Waals surface area contributed by atoms with E-state index in [0.29, 0.717) is 9.23 Å². The number of benzene rings is 1. The first-order valence-corrected chi connectivity index (χ1v) is 7.30. The maximum atomic E-state index is 12.1. The Labute approximate surface area is 128 Å². The van der Waals surface area contributed by atoms with Crippen molar-refractivity contribution in [3.05, 3.63) is 39.2 Å². The lowest BCUT2D eigenvalue weighted by molar-refractivity contribution is -0.131. The SMILES string of the molecule is CC(=O)NN1C(=O)/C(=C\c2cccc(Br)c2)SC1=S. The summed E-state index contributed by atoms with van der Waals surface area (Å²) in [5.74, 6) is -0.648. The van der Waals surface area contributed by atoms with E-state index in [2.05, 4.69) is 21.4 Å². The van der Waals surface area contributed by atoms with Crippen LogP contribution in [0.2, 0.25) is 0 Å². The van der Waals surface area contributed by atoms with Gasteiger partial charge in [0.2, 0.25) is 5.91 Å². The number of thiocarbonyl (C=S) groups is 1. The van der Waals surface area contributed by atoms with Crippen LogP contribution in [0.15, 0.2) is 33.6 Å². The van der Waals surface area contributed by atoms with Gasteiger partial charge in [0.15, 0.2) is 4.32 Å². The van der Waals surface area contributed by atoms with Crippen LogP contribution in [0.1, 0.15) is 12.5 Å². The number of nitrogens with one attached hydrogen (secondary N) is 1. The fraction of sp³-hybridized carbons (Fsp3) is 0.0833. The van der Waals surface area contributed by atoms with Crippen LogP contribution in [0.3, 0.4) is 0 Å². The van der Waals surface area contributed by atoms with Gasteiger partial charge in [-0.2, -0.15) is 5.01 Å². The molecule has 0 aromatic heterocycles. The first-order chi connectivity index (χ1) is 8.97. The molecule has 7 heteroatoms. The molecule has 0 spiro atoms. The van der Waals surface area contributed by atoms with E-state index in [0.717, 1.165) is 26.8 Å². The van der Waals surface area contributed by atoms with Crippen molar-refractivity contribution in [3.63, 3.8) is 0 Å². The molecular formula is C12H9BrN2O2S2. The number of thioether (sulfide) groups is 1. The van der Waals surface area contributed by atoms with E-state index in [9.17, 15) is 9.59 Å². The van der Waals surface area contributed by atoms with Crippen LogP contribution in [0.25, 0.3) is 6.08 Å². The number of carbonyl (C=O) groups excluding carboxylic acids is 2. The van der Waals surface area contributed by atoms with E-state index in [-0.39, 0.29) is 11.8 Å². The molecule has 0 unspecified atom stereocenters. The molecular weight excluding hydrogens is 348 g/mol. The smallest absolute Gasteiger partial charge is 0.274 e. The summed E-state index contributed by atoms with van der Waals surface area (Å²) in [4.78, 5) is 23.5. The molecule has 0 radical (unpaired) electrons. The fourth-order valence-corrected chi connectivity index (χ4v) is 3.07. The summed E-state index contributed by atoms with van der Waals surface area (Å²) in [6, 6.07) is 7.56. The Balaban J connectivity index is 2.25. The molecule has 1 aliphatic heterocycles. The van der Waals surface area contributed by atoms with Crippen molar-refractivity contribution < 1.29 is 9.59 Å². The van der Waals surface area contributed by atoms with Crippen molar-refractivity contribution in [3.8, 4) is 0 Å². The van der Waals surface area contributed by atoms with Crippen LogP contribution in [-0.4, -0.2) is 21.1 Å². The molecule has 1 aromatic carbocycles. The van der Waals surface area contributed by atoms with Crippen LogP contribution in [0, 0.1) is 0 Å². The topological polar surface area (TPSA) is 49.4 Å². The van der Waals surface area contributed by atoms with Crippen LogP contribution in [-0.2, 0) is 9.59 Å². The van der Waals surface area contributed by atoms with E-state index in [1.54, 1.807) is 6.08 Å². The van der Waals surface area contributed by atoms with Gasteiger partial charge in [-0.1, -0.05) is 39.8 Å². The molecule has 2 rings (SSSR count). The van der Waals surface area contributed by atoms with Crippen molar-refractivity contribution in [1.29, 1.82) is 0 Å². The van der Waals surface area contributed by atoms with Gasteiger partial charge in [0.25, 0.3) is 5.91 Å². The Bertz CT molecular complexity index is 601. The molecule has 98 valence electrons. The number of carbonyl (C=O) groups is 2. The third kappa shape index (κ3) is 3.43. The fourth-order valence-electron chi connectivity index (χ4n) is 1.47. The number of hydrogen-bond donors (Lipinski definition) is 1. The second kappa shape index (κ2) is 5.85. The van der Waals surface area contributed by atoms with Gasteiger partial charge in [-0.3, -0.25) is 15.0 Å². The zero-order chi connectivity index (χ0) is 14.0. The summed E-state index contributed by atoms with van der Waals surface area (Å²) in [6.07, 6.45) is 1.74. The summed E-state index contributed by atoms with van der Waals surface area (Å²) in [5.41, 5.74) is 3.29. The minimum atomic E-state index is -0.333. The molecule has 1 aliphatic rings. The van der Waals surface area contributed by atoms with Gasteiger partial charge >= 0.3 is 0 Å². The summed E-state index contributed by atoms with van der Waals surface area (Å²) >= 11 is 9.59. The Morgan fingerprint density at radius 2 is 2.26 bits per heavy atom. The normalized spacial score (nSPS) is 17.2. The Kier molecular flexibility index (Phi) is 4.38. The van der Waals surface area contributed by atoms with E-state index in [1.165, 1.54) is 6.92 Å². The maximum absolute atomic E-state index is 12.1. The Morgan fingerprint density at radius 3 is 2.89 bits per heavy atom. The first kappa shape index (κ1) is 14.2. The van der Waals surface area contributed by atoms with E-state index in [1.807, 2.05) is 24.3 Å². The van der Waals surface area contributed by atoms with Crippen molar-refractivity contribution in [2.24, 2.45) is 0 Å². The molecule has 2 amide bonds. The van der Waals surface area contributed by atoms with E-state index in [4.69, 9.17) is 12.2 Å². The summed E-state index contributed by atoms with van der Waals surface area (Å²) in [7, 11) is 0. The molecule has 0 aliphatic carbocycles. The molecule has 1 aromatic rings. The van der Waals surface area contributed by atoms with Gasteiger partial charge in [0, 0.05) is 11.4 Å². The highest BCUT2D eigenvalue weighted by atomic mass is 79.9. The second-order valence-corrected chi connectivity index (χ2v) is 6.33. The van der Waals surface area contributed by atoms with Gasteiger partial charge in [-0.15, -0.1) is 0 Å². The van der Waals surface area contributed by atoms with E-state index < -0.39 is 0 Å². The number of rotatable bonds is 2. The van der Waals surface area contributed by atoms with Crippen molar-refractivity contribution in [2.75, 3.05) is 0 Å². The average Bonchev–Trinajstić information content (AvgIpc) is 2.57. The van der Waals surface area contributed by atoms with Crippen LogP contribution in [0.5, 0.6) is 0 Å². The molecule has 1 fully saturated rings. The number of nitrogens with zero attached hydrogens (tertiary/aromatic N) is 1.